The third-order valence-electron chi connectivity index (χ3n) is 2.92. The summed E-state index contributed by atoms with van der Waals surface area (Å²) >= 11 is 0. The highest BCUT2D eigenvalue weighted by atomic mass is 14.9. The number of aromatic nitrogens is 1. The average Bonchev–Trinajstić information content (AvgIpc) is 2.30. The molecule has 0 aliphatic heterocycles. The molecule has 1 heteroatoms. The summed E-state index contributed by atoms with van der Waals surface area (Å²) in [6.45, 7) is 4.33. The number of rotatable bonds is 2. The predicted molar refractivity (Wildman–Crippen MR) is 66.9 cm³/mol. The molecule has 0 unspecified atom stereocenters. The van der Waals surface area contributed by atoms with Crippen LogP contribution in [0, 0.1) is 14.0 Å². The van der Waals surface area contributed by atoms with Crippen LogP contribution in [-0.4, -0.2) is 0 Å². The minimum Gasteiger partial charge on any atom is -0.333 e. The molecule has 2 rings (SSSR count). The number of nitrogens with zero attached hydrogens (tertiary/aromatic N) is 1. The van der Waals surface area contributed by atoms with Gasteiger partial charge in [-0.15, -0.1) is 0 Å². The number of pyridine rings is 1. The van der Waals surface area contributed by atoms with Crippen LogP contribution in [0.25, 0.3) is 11.3 Å². The molecule has 0 aliphatic carbocycles. The molecule has 1 heterocycles. The summed E-state index contributed by atoms with van der Waals surface area (Å²) in [5.41, 5.74) is 5.10. The van der Waals surface area contributed by atoms with Gasteiger partial charge in [-0.1, -0.05) is 37.3 Å². The molecular weight excluding hydrogens is 194 g/mol. The van der Waals surface area contributed by atoms with Crippen molar-refractivity contribution < 1.29 is 4.57 Å². The van der Waals surface area contributed by atoms with E-state index in [0.717, 1.165) is 12.1 Å². The van der Waals surface area contributed by atoms with E-state index in [4.69, 9.17) is 0 Å². The first-order chi connectivity index (χ1) is 7.72. The Hall–Kier alpha value is -1.76. The predicted octanol–water partition coefficient (Wildman–Crippen LogP) is 3.15. The fraction of sp³-hybridized carbons (Fsp3) is 0.200. The van der Waals surface area contributed by atoms with Gasteiger partial charge in [-0.05, 0) is 36.1 Å². The van der Waals surface area contributed by atoms with Crippen molar-refractivity contribution >= 4 is 0 Å². The van der Waals surface area contributed by atoms with Crippen molar-refractivity contribution in [3.05, 3.63) is 60.8 Å². The second-order valence-electron chi connectivity index (χ2n) is 4.06. The Morgan fingerprint density at radius 3 is 2.62 bits per heavy atom. The normalized spacial score (nSPS) is 10.4. The minimum atomic E-state index is 1.08. The summed E-state index contributed by atoms with van der Waals surface area (Å²) < 4.78 is 1.91. The van der Waals surface area contributed by atoms with Crippen LogP contribution in [0.4, 0.5) is 0 Å². The molecule has 0 N–H and O–H groups in total. The van der Waals surface area contributed by atoms with E-state index in [0.29, 0.717) is 0 Å². The van der Waals surface area contributed by atoms with E-state index in [1.165, 1.54) is 16.7 Å². The van der Waals surface area contributed by atoms with Crippen LogP contribution >= 0.6 is 0 Å². The van der Waals surface area contributed by atoms with E-state index in [9.17, 15) is 0 Å². The van der Waals surface area contributed by atoms with Gasteiger partial charge in [0.15, 0.2) is 0 Å². The van der Waals surface area contributed by atoms with Crippen molar-refractivity contribution in [2.45, 2.75) is 20.3 Å². The topological polar surface area (TPSA) is 3.88 Å². The number of aryl methyl sites for hydroxylation is 2. The third kappa shape index (κ3) is 1.94. The molecule has 0 atom stereocenters. The maximum Gasteiger partial charge on any atom is 0.112 e. The second-order valence-corrected chi connectivity index (χ2v) is 4.06. The zero-order valence-corrected chi connectivity index (χ0v) is 9.90. The van der Waals surface area contributed by atoms with Crippen LogP contribution in [0.15, 0.2) is 42.6 Å². The van der Waals surface area contributed by atoms with Gasteiger partial charge in [0, 0.05) is 7.05 Å². The van der Waals surface area contributed by atoms with Gasteiger partial charge in [0.2, 0.25) is 0 Å². The van der Waals surface area contributed by atoms with Crippen molar-refractivity contribution in [3.63, 3.8) is 0 Å². The van der Waals surface area contributed by atoms with Crippen molar-refractivity contribution in [2.24, 2.45) is 0 Å². The molecule has 0 bridgehead atoms. The summed E-state index contributed by atoms with van der Waals surface area (Å²) in [5, 5.41) is 0. The zero-order valence-electron chi connectivity index (χ0n) is 9.90. The van der Waals surface area contributed by atoms with Crippen molar-refractivity contribution in [2.75, 3.05) is 0 Å². The smallest absolute Gasteiger partial charge is 0.112 e. The Bertz CT molecular complexity index is 501. The average molecular weight is 211 g/mol. The summed E-state index contributed by atoms with van der Waals surface area (Å²) in [7, 11) is 4.00. The lowest BCUT2D eigenvalue weighted by Gasteiger charge is -2.11. The quantitative estimate of drug-likeness (QED) is 0.530. The maximum absolute atomic E-state index is 4.00. The van der Waals surface area contributed by atoms with E-state index in [1.54, 1.807) is 0 Å². The molecule has 0 fully saturated rings. The Kier molecular flexibility index (Phi) is 2.95. The highest BCUT2D eigenvalue weighted by Crippen LogP contribution is 2.21. The summed E-state index contributed by atoms with van der Waals surface area (Å²) in [6.07, 6.45) is 3.06. The minimum absolute atomic E-state index is 1.08. The number of benzene rings is 1. The molecule has 0 amide bonds. The monoisotopic (exact) mass is 211 g/mol. The van der Waals surface area contributed by atoms with Crippen LogP contribution in [-0.2, 0) is 6.42 Å². The Morgan fingerprint density at radius 2 is 2.00 bits per heavy atom. The van der Waals surface area contributed by atoms with Crippen LogP contribution in [0.2, 0.25) is 0 Å². The van der Waals surface area contributed by atoms with Gasteiger partial charge in [-0.2, -0.15) is 0 Å². The first-order valence-corrected chi connectivity index (χ1v) is 5.64. The van der Waals surface area contributed by atoms with Gasteiger partial charge in [-0.25, -0.2) is 0 Å². The van der Waals surface area contributed by atoms with Crippen molar-refractivity contribution in [3.8, 4) is 11.3 Å². The number of hydrogen-bond acceptors (Lipinski definition) is 0. The van der Waals surface area contributed by atoms with E-state index in [1.807, 2.05) is 22.9 Å². The Morgan fingerprint density at radius 1 is 1.19 bits per heavy atom. The van der Waals surface area contributed by atoms with E-state index >= 15 is 0 Å². The molecule has 0 saturated carbocycles. The standard InChI is InChI=1S/C15H17N/c1-4-13-8-9-14(12(2)11-13)15-7-5-6-10-16(15)3/h5-11H,3-4H2,1-2H3. The van der Waals surface area contributed by atoms with E-state index in [-0.39, 0.29) is 0 Å². The molecule has 2 aromatic rings. The van der Waals surface area contributed by atoms with Crippen LogP contribution in [0.5, 0.6) is 0 Å². The number of hydrogen-bond donors (Lipinski definition) is 0. The van der Waals surface area contributed by atoms with Crippen molar-refractivity contribution in [1.29, 1.82) is 0 Å². The molecule has 16 heavy (non-hydrogen) atoms. The van der Waals surface area contributed by atoms with Crippen molar-refractivity contribution in [1.82, 2.24) is 0 Å². The van der Waals surface area contributed by atoms with Crippen LogP contribution in [0.1, 0.15) is 18.1 Å². The molecule has 0 aliphatic rings. The molecule has 1 aromatic heterocycles. The highest BCUT2D eigenvalue weighted by molar-refractivity contribution is 5.61. The summed E-state index contributed by atoms with van der Waals surface area (Å²) in [4.78, 5) is 0. The first kappa shape index (κ1) is 10.7. The van der Waals surface area contributed by atoms with Gasteiger partial charge >= 0.3 is 0 Å². The molecule has 0 saturated heterocycles. The largest absolute Gasteiger partial charge is 0.333 e. The zero-order chi connectivity index (χ0) is 11.5. The van der Waals surface area contributed by atoms with Gasteiger partial charge in [0.25, 0.3) is 0 Å². The summed E-state index contributed by atoms with van der Waals surface area (Å²) in [5.74, 6) is 0. The lowest BCUT2D eigenvalue weighted by molar-refractivity contribution is -0.600. The van der Waals surface area contributed by atoms with Crippen LogP contribution in [0.3, 0.4) is 0 Å². The maximum atomic E-state index is 4.00. The highest BCUT2D eigenvalue weighted by Gasteiger charge is 2.05. The Labute approximate surface area is 97.4 Å². The van der Waals surface area contributed by atoms with E-state index < -0.39 is 0 Å². The van der Waals surface area contributed by atoms with E-state index in [2.05, 4.69) is 45.2 Å². The fourth-order valence-electron chi connectivity index (χ4n) is 1.95. The first-order valence-electron chi connectivity index (χ1n) is 5.64. The molecule has 0 spiro atoms. The summed E-state index contributed by atoms with van der Waals surface area (Å²) in [6, 6.07) is 12.8. The SMILES string of the molecule is [CH2-][n+]1ccccc1-c1ccc(CC)cc1C. The third-order valence-corrected chi connectivity index (χ3v) is 2.92. The van der Waals surface area contributed by atoms with Gasteiger partial charge in [0.05, 0.1) is 6.20 Å². The Balaban J connectivity index is 2.53. The molecule has 1 aromatic carbocycles. The van der Waals surface area contributed by atoms with Gasteiger partial charge < -0.3 is 4.57 Å². The molecular formula is C15H17N. The fourth-order valence-corrected chi connectivity index (χ4v) is 1.95. The second kappa shape index (κ2) is 4.40. The molecule has 0 radical (unpaired) electrons. The van der Waals surface area contributed by atoms with Gasteiger partial charge in [0.1, 0.15) is 5.69 Å². The molecule has 1 nitrogen and oxygen atoms in total. The van der Waals surface area contributed by atoms with Gasteiger partial charge in [-0.3, -0.25) is 0 Å². The van der Waals surface area contributed by atoms with Crippen LogP contribution < -0.4 is 4.57 Å². The lowest BCUT2D eigenvalue weighted by Crippen LogP contribution is -2.27. The lowest BCUT2D eigenvalue weighted by atomic mass is 10.0. The molecule has 82 valence electrons.